The first-order valence-corrected chi connectivity index (χ1v) is 10.2. The first kappa shape index (κ1) is 22.3. The highest BCUT2D eigenvalue weighted by Crippen LogP contribution is 2.27. The van der Waals surface area contributed by atoms with Crippen molar-refractivity contribution < 1.29 is 0 Å². The van der Waals surface area contributed by atoms with Crippen LogP contribution in [0.4, 0.5) is 0 Å². The van der Waals surface area contributed by atoms with Crippen molar-refractivity contribution in [3.8, 4) is 11.3 Å². The Bertz CT molecular complexity index is 941. The van der Waals surface area contributed by atoms with Crippen molar-refractivity contribution in [2.45, 2.75) is 25.9 Å². The Hall–Kier alpha value is -2.42. The molecule has 4 rings (SSSR count). The predicted molar refractivity (Wildman–Crippen MR) is 132 cm³/mol. The summed E-state index contributed by atoms with van der Waals surface area (Å²) in [6.45, 7) is 5.00. The highest BCUT2D eigenvalue weighted by molar-refractivity contribution is 14.0. The maximum Gasteiger partial charge on any atom is 0.193 e. The molecule has 0 spiro atoms. The minimum absolute atomic E-state index is 0. The van der Waals surface area contributed by atoms with Gasteiger partial charge in [0.15, 0.2) is 5.96 Å². The lowest BCUT2D eigenvalue weighted by Crippen LogP contribution is -2.48. The number of benzene rings is 1. The standard InChI is InChI=1S/C23H28N6.HI/c1-18-9-12-28(16-22(18)29-13-11-25-17-29)23(24-2)27-15-19-6-5-7-20(14-19)21-8-3-4-10-26-21;/h3-8,10-11,13-14,17-18,22H,9,12,15-16H2,1-2H3,(H,24,27);1H. The number of halogens is 1. The van der Waals surface area contributed by atoms with Crippen LogP contribution in [0.25, 0.3) is 11.3 Å². The van der Waals surface area contributed by atoms with Crippen LogP contribution in [0.2, 0.25) is 0 Å². The van der Waals surface area contributed by atoms with Crippen molar-refractivity contribution in [2.75, 3.05) is 20.1 Å². The summed E-state index contributed by atoms with van der Waals surface area (Å²) in [4.78, 5) is 15.6. The fraction of sp³-hybridized carbons (Fsp3) is 0.348. The summed E-state index contributed by atoms with van der Waals surface area (Å²) in [7, 11) is 1.86. The minimum atomic E-state index is 0. The van der Waals surface area contributed by atoms with Gasteiger partial charge in [0.1, 0.15) is 0 Å². The Balaban J connectivity index is 0.00000256. The van der Waals surface area contributed by atoms with Gasteiger partial charge in [-0.3, -0.25) is 9.98 Å². The van der Waals surface area contributed by atoms with Gasteiger partial charge in [-0.05, 0) is 36.1 Å². The van der Waals surface area contributed by atoms with E-state index in [1.807, 2.05) is 44.0 Å². The van der Waals surface area contributed by atoms with Crippen molar-refractivity contribution in [3.05, 3.63) is 72.9 Å². The normalized spacial score (nSPS) is 19.3. The van der Waals surface area contributed by atoms with Crippen molar-refractivity contribution in [3.63, 3.8) is 0 Å². The molecule has 0 bridgehead atoms. The smallest absolute Gasteiger partial charge is 0.193 e. The third-order valence-electron chi connectivity index (χ3n) is 5.68. The molecular weight excluding hydrogens is 487 g/mol. The summed E-state index contributed by atoms with van der Waals surface area (Å²) in [5.41, 5.74) is 3.34. The van der Waals surface area contributed by atoms with Crippen molar-refractivity contribution in [1.29, 1.82) is 0 Å². The van der Waals surface area contributed by atoms with E-state index in [1.54, 1.807) is 0 Å². The molecule has 6 nitrogen and oxygen atoms in total. The quantitative estimate of drug-likeness (QED) is 0.321. The van der Waals surface area contributed by atoms with Gasteiger partial charge >= 0.3 is 0 Å². The van der Waals surface area contributed by atoms with Crippen LogP contribution < -0.4 is 5.32 Å². The molecule has 1 fully saturated rings. The fourth-order valence-corrected chi connectivity index (χ4v) is 3.98. The van der Waals surface area contributed by atoms with Gasteiger partial charge in [0.25, 0.3) is 0 Å². The summed E-state index contributed by atoms with van der Waals surface area (Å²) < 4.78 is 2.22. The van der Waals surface area contributed by atoms with Gasteiger partial charge in [0.2, 0.25) is 0 Å². The van der Waals surface area contributed by atoms with Gasteiger partial charge in [0.05, 0.1) is 18.1 Å². The van der Waals surface area contributed by atoms with E-state index >= 15 is 0 Å². The van der Waals surface area contributed by atoms with E-state index in [2.05, 4.69) is 67.1 Å². The van der Waals surface area contributed by atoms with Crippen LogP contribution in [-0.2, 0) is 6.54 Å². The number of guanidine groups is 1. The molecule has 1 N–H and O–H groups in total. The Labute approximate surface area is 195 Å². The molecule has 7 heteroatoms. The second kappa shape index (κ2) is 10.6. The zero-order valence-corrected chi connectivity index (χ0v) is 19.8. The average Bonchev–Trinajstić information content (AvgIpc) is 3.31. The average molecular weight is 516 g/mol. The highest BCUT2D eigenvalue weighted by Gasteiger charge is 2.28. The summed E-state index contributed by atoms with van der Waals surface area (Å²) in [5.74, 6) is 1.57. The Morgan fingerprint density at radius 2 is 2.10 bits per heavy atom. The van der Waals surface area contributed by atoms with Gasteiger partial charge in [0, 0.05) is 50.8 Å². The predicted octanol–water partition coefficient (Wildman–Crippen LogP) is 4.22. The Kier molecular flexibility index (Phi) is 7.84. The van der Waals surface area contributed by atoms with Gasteiger partial charge in [-0.1, -0.05) is 31.2 Å². The van der Waals surface area contributed by atoms with Crippen LogP contribution in [0.1, 0.15) is 24.9 Å². The monoisotopic (exact) mass is 516 g/mol. The van der Waals surface area contributed by atoms with Gasteiger partial charge < -0.3 is 14.8 Å². The van der Waals surface area contributed by atoms with Crippen LogP contribution in [0.3, 0.4) is 0 Å². The number of hydrogen-bond acceptors (Lipinski definition) is 3. The lowest BCUT2D eigenvalue weighted by atomic mass is 9.93. The first-order valence-electron chi connectivity index (χ1n) is 10.2. The SMILES string of the molecule is CN=C(NCc1cccc(-c2ccccn2)c1)N1CCC(C)C(n2ccnc2)C1.I. The number of aromatic nitrogens is 3. The zero-order chi connectivity index (χ0) is 20.1. The van der Waals surface area contributed by atoms with E-state index in [1.165, 1.54) is 5.56 Å². The largest absolute Gasteiger partial charge is 0.352 e. The molecular formula is C23H29IN6. The molecule has 0 amide bonds. The molecule has 2 atom stereocenters. The molecule has 30 heavy (non-hydrogen) atoms. The highest BCUT2D eigenvalue weighted by atomic mass is 127. The third kappa shape index (κ3) is 5.19. The van der Waals surface area contributed by atoms with Crippen molar-refractivity contribution >= 4 is 29.9 Å². The van der Waals surface area contributed by atoms with Crippen LogP contribution >= 0.6 is 24.0 Å². The van der Waals surface area contributed by atoms with Gasteiger partial charge in [-0.25, -0.2) is 4.98 Å². The van der Waals surface area contributed by atoms with Crippen molar-refractivity contribution in [1.82, 2.24) is 24.8 Å². The fourth-order valence-electron chi connectivity index (χ4n) is 3.98. The molecule has 1 aromatic carbocycles. The summed E-state index contributed by atoms with van der Waals surface area (Å²) in [5, 5.41) is 3.55. The second-order valence-electron chi connectivity index (χ2n) is 7.61. The molecule has 2 aromatic heterocycles. The van der Waals surface area contributed by atoms with E-state index in [4.69, 9.17) is 0 Å². The summed E-state index contributed by atoms with van der Waals surface area (Å²) in [6, 6.07) is 14.9. The molecule has 0 radical (unpaired) electrons. The number of likely N-dealkylation sites (tertiary alicyclic amines) is 1. The summed E-state index contributed by atoms with van der Waals surface area (Å²) in [6.07, 6.45) is 8.80. The number of hydrogen-bond donors (Lipinski definition) is 1. The molecule has 2 unspecified atom stereocenters. The lowest BCUT2D eigenvalue weighted by Gasteiger charge is -2.39. The number of piperidine rings is 1. The maximum atomic E-state index is 4.54. The van der Waals surface area contributed by atoms with E-state index in [0.29, 0.717) is 12.0 Å². The molecule has 0 aliphatic carbocycles. The number of imidazole rings is 1. The van der Waals surface area contributed by atoms with E-state index in [9.17, 15) is 0 Å². The number of aliphatic imine (C=N–C) groups is 1. The second-order valence-corrected chi connectivity index (χ2v) is 7.61. The number of pyridine rings is 1. The Morgan fingerprint density at radius 1 is 1.20 bits per heavy atom. The molecule has 1 aliphatic rings. The lowest BCUT2D eigenvalue weighted by molar-refractivity contribution is 0.189. The number of nitrogens with one attached hydrogen (secondary N) is 1. The van der Waals surface area contributed by atoms with Gasteiger partial charge in [-0.2, -0.15) is 0 Å². The molecule has 1 saturated heterocycles. The molecule has 0 saturated carbocycles. The van der Waals surface area contributed by atoms with E-state index < -0.39 is 0 Å². The van der Waals surface area contributed by atoms with Crippen molar-refractivity contribution in [2.24, 2.45) is 10.9 Å². The molecule has 3 heterocycles. The zero-order valence-electron chi connectivity index (χ0n) is 17.5. The first-order chi connectivity index (χ1) is 14.2. The third-order valence-corrected chi connectivity index (χ3v) is 5.68. The number of rotatable bonds is 4. The molecule has 3 aromatic rings. The minimum Gasteiger partial charge on any atom is -0.352 e. The van der Waals surface area contributed by atoms with Gasteiger partial charge in [-0.15, -0.1) is 24.0 Å². The van der Waals surface area contributed by atoms with Crippen LogP contribution in [-0.4, -0.2) is 45.5 Å². The Morgan fingerprint density at radius 3 is 2.83 bits per heavy atom. The molecule has 158 valence electrons. The van der Waals surface area contributed by atoms with Crippen LogP contribution in [0.15, 0.2) is 72.4 Å². The topological polar surface area (TPSA) is 58.3 Å². The maximum absolute atomic E-state index is 4.54. The molecule has 1 aliphatic heterocycles. The number of nitrogens with zero attached hydrogens (tertiary/aromatic N) is 5. The summed E-state index contributed by atoms with van der Waals surface area (Å²) >= 11 is 0. The van der Waals surface area contributed by atoms with Crippen LogP contribution in [0.5, 0.6) is 0 Å². The van der Waals surface area contributed by atoms with Crippen LogP contribution in [0, 0.1) is 5.92 Å². The van der Waals surface area contributed by atoms with E-state index in [0.717, 1.165) is 43.3 Å². The van der Waals surface area contributed by atoms with E-state index in [-0.39, 0.29) is 24.0 Å².